The molecule has 0 aliphatic rings. The average molecular weight is 301 g/mol. The second-order valence-electron chi connectivity index (χ2n) is 2.27. The van der Waals surface area contributed by atoms with Crippen LogP contribution in [0, 0.1) is 10.5 Å². The van der Waals surface area contributed by atoms with E-state index in [2.05, 4.69) is 22.6 Å². The van der Waals surface area contributed by atoms with Gasteiger partial charge in [0.05, 0.1) is 0 Å². The van der Waals surface area contributed by atoms with Crippen LogP contribution in [-0.2, 0) is 5.88 Å². The highest BCUT2D eigenvalue weighted by Gasteiger charge is 2.04. The van der Waals surface area contributed by atoms with Crippen LogP contribution in [-0.4, -0.2) is 0 Å². The van der Waals surface area contributed by atoms with Crippen LogP contribution in [0.5, 0.6) is 0 Å². The Balaban J connectivity index is 3.29. The molecule has 0 N–H and O–H groups in total. The molecule has 11 heavy (non-hydrogen) atoms. The Hall–Kier alpha value is 0.530. The summed E-state index contributed by atoms with van der Waals surface area (Å²) in [5.74, 6) is 0.488. The quantitative estimate of drug-likeness (QED) is 0.543. The standard InChI is InChI=1S/C8H7Cl2I/c1-5-6(4-9)7(10)2-3-8(5)11/h2-3H,4H2,1H3. The van der Waals surface area contributed by atoms with Gasteiger partial charge in [-0.25, -0.2) is 0 Å². The molecule has 0 saturated carbocycles. The number of hydrogen-bond acceptors (Lipinski definition) is 0. The van der Waals surface area contributed by atoms with Crippen LogP contribution < -0.4 is 0 Å². The topological polar surface area (TPSA) is 0 Å². The highest BCUT2D eigenvalue weighted by atomic mass is 127. The van der Waals surface area contributed by atoms with Gasteiger partial charge in [-0.2, -0.15) is 0 Å². The van der Waals surface area contributed by atoms with Gasteiger partial charge in [-0.1, -0.05) is 11.6 Å². The molecule has 0 aliphatic heterocycles. The molecule has 0 spiro atoms. The van der Waals surface area contributed by atoms with Gasteiger partial charge in [0.2, 0.25) is 0 Å². The summed E-state index contributed by atoms with van der Waals surface area (Å²) in [6.07, 6.45) is 0. The van der Waals surface area contributed by atoms with Crippen molar-refractivity contribution in [1.29, 1.82) is 0 Å². The van der Waals surface area contributed by atoms with Gasteiger partial charge in [0, 0.05) is 14.5 Å². The maximum Gasteiger partial charge on any atom is 0.0491 e. The molecule has 0 atom stereocenters. The molecule has 0 aromatic heterocycles. The van der Waals surface area contributed by atoms with Crippen molar-refractivity contribution in [3.63, 3.8) is 0 Å². The summed E-state index contributed by atoms with van der Waals surface area (Å²) >= 11 is 13.9. The van der Waals surface area contributed by atoms with Crippen LogP contribution in [0.4, 0.5) is 0 Å². The molecule has 0 nitrogen and oxygen atoms in total. The van der Waals surface area contributed by atoms with Crippen molar-refractivity contribution in [2.24, 2.45) is 0 Å². The summed E-state index contributed by atoms with van der Waals surface area (Å²) in [4.78, 5) is 0. The zero-order valence-corrected chi connectivity index (χ0v) is 9.67. The van der Waals surface area contributed by atoms with E-state index in [1.807, 2.05) is 19.1 Å². The highest BCUT2D eigenvalue weighted by molar-refractivity contribution is 14.1. The van der Waals surface area contributed by atoms with Gasteiger partial charge < -0.3 is 0 Å². The third kappa shape index (κ3) is 2.01. The van der Waals surface area contributed by atoms with Crippen LogP contribution >= 0.6 is 45.8 Å². The lowest BCUT2D eigenvalue weighted by atomic mass is 10.1. The predicted octanol–water partition coefficient (Wildman–Crippen LogP) is 3.99. The fourth-order valence-corrected chi connectivity index (χ4v) is 2.05. The van der Waals surface area contributed by atoms with Crippen molar-refractivity contribution < 1.29 is 0 Å². The summed E-state index contributed by atoms with van der Waals surface area (Å²) < 4.78 is 1.21. The van der Waals surface area contributed by atoms with Crippen molar-refractivity contribution in [3.8, 4) is 0 Å². The van der Waals surface area contributed by atoms with E-state index in [0.717, 1.165) is 10.6 Å². The lowest BCUT2D eigenvalue weighted by molar-refractivity contribution is 1.28. The Kier molecular flexibility index (Phi) is 3.47. The summed E-state index contributed by atoms with van der Waals surface area (Å²) in [6.45, 7) is 2.03. The van der Waals surface area contributed by atoms with Crippen LogP contribution in [0.3, 0.4) is 0 Å². The Morgan fingerprint density at radius 1 is 1.45 bits per heavy atom. The van der Waals surface area contributed by atoms with Crippen LogP contribution in [0.2, 0.25) is 5.02 Å². The molecule has 0 fully saturated rings. The lowest BCUT2D eigenvalue weighted by Crippen LogP contribution is -1.89. The molecule has 0 aliphatic carbocycles. The number of halogens is 3. The summed E-state index contributed by atoms with van der Waals surface area (Å²) in [5.41, 5.74) is 2.23. The first kappa shape index (κ1) is 9.62. The summed E-state index contributed by atoms with van der Waals surface area (Å²) in [7, 11) is 0. The Bertz CT molecular complexity index is 271. The fourth-order valence-electron chi connectivity index (χ4n) is 0.859. The molecule has 0 bridgehead atoms. The smallest absolute Gasteiger partial charge is 0.0491 e. The van der Waals surface area contributed by atoms with E-state index >= 15 is 0 Å². The normalized spacial score (nSPS) is 10.2. The van der Waals surface area contributed by atoms with Gasteiger partial charge in [-0.3, -0.25) is 0 Å². The van der Waals surface area contributed by atoms with Gasteiger partial charge in [-0.05, 0) is 52.8 Å². The van der Waals surface area contributed by atoms with Gasteiger partial charge in [0.25, 0.3) is 0 Å². The minimum Gasteiger partial charge on any atom is -0.121 e. The molecular weight excluding hydrogens is 294 g/mol. The third-order valence-corrected chi connectivity index (χ3v) is 3.40. The maximum absolute atomic E-state index is 5.91. The summed E-state index contributed by atoms with van der Waals surface area (Å²) in [6, 6.07) is 3.88. The van der Waals surface area contributed by atoms with Gasteiger partial charge in [-0.15, -0.1) is 11.6 Å². The molecule has 1 rings (SSSR count). The van der Waals surface area contributed by atoms with E-state index < -0.39 is 0 Å². The van der Waals surface area contributed by atoms with Gasteiger partial charge >= 0.3 is 0 Å². The Morgan fingerprint density at radius 3 is 2.55 bits per heavy atom. The van der Waals surface area contributed by atoms with E-state index in [0.29, 0.717) is 5.88 Å². The Labute approximate surface area is 90.0 Å². The number of alkyl halides is 1. The van der Waals surface area contributed by atoms with E-state index in [9.17, 15) is 0 Å². The van der Waals surface area contributed by atoms with E-state index in [1.54, 1.807) is 0 Å². The number of benzene rings is 1. The largest absolute Gasteiger partial charge is 0.121 e. The molecule has 0 amide bonds. The molecule has 0 saturated heterocycles. The number of rotatable bonds is 1. The zero-order chi connectivity index (χ0) is 8.43. The van der Waals surface area contributed by atoms with Crippen LogP contribution in [0.25, 0.3) is 0 Å². The van der Waals surface area contributed by atoms with Crippen molar-refractivity contribution in [2.75, 3.05) is 0 Å². The molecule has 0 radical (unpaired) electrons. The van der Waals surface area contributed by atoms with Gasteiger partial charge in [0.1, 0.15) is 0 Å². The molecule has 1 aromatic rings. The third-order valence-electron chi connectivity index (χ3n) is 1.61. The molecule has 1 aromatic carbocycles. The van der Waals surface area contributed by atoms with Crippen molar-refractivity contribution in [1.82, 2.24) is 0 Å². The lowest BCUT2D eigenvalue weighted by Gasteiger charge is -2.05. The molecule has 0 unspecified atom stereocenters. The molecule has 60 valence electrons. The summed E-state index contributed by atoms with van der Waals surface area (Å²) in [5, 5.41) is 0.762. The van der Waals surface area contributed by atoms with E-state index in [-0.39, 0.29) is 0 Å². The fraction of sp³-hybridized carbons (Fsp3) is 0.250. The monoisotopic (exact) mass is 300 g/mol. The SMILES string of the molecule is Cc1c(I)ccc(Cl)c1CCl. The maximum atomic E-state index is 5.91. The second kappa shape index (κ2) is 3.97. The van der Waals surface area contributed by atoms with Crippen molar-refractivity contribution in [3.05, 3.63) is 31.9 Å². The molecule has 3 heteroatoms. The minimum absolute atomic E-state index is 0.488. The first-order chi connectivity index (χ1) is 5.16. The highest BCUT2D eigenvalue weighted by Crippen LogP contribution is 2.25. The average Bonchev–Trinajstić information content (AvgIpc) is 1.99. The first-order valence-electron chi connectivity index (χ1n) is 3.16. The van der Waals surface area contributed by atoms with Crippen molar-refractivity contribution >= 4 is 45.8 Å². The second-order valence-corrected chi connectivity index (χ2v) is 4.10. The zero-order valence-electron chi connectivity index (χ0n) is 6.00. The molecule has 0 heterocycles. The van der Waals surface area contributed by atoms with E-state index in [1.165, 1.54) is 9.13 Å². The van der Waals surface area contributed by atoms with Crippen molar-refractivity contribution in [2.45, 2.75) is 12.8 Å². The minimum atomic E-state index is 0.488. The van der Waals surface area contributed by atoms with Gasteiger partial charge in [0.15, 0.2) is 0 Å². The van der Waals surface area contributed by atoms with E-state index in [4.69, 9.17) is 23.2 Å². The molecular formula is C8H7Cl2I. The predicted molar refractivity (Wildman–Crippen MR) is 58.5 cm³/mol. The number of hydrogen-bond donors (Lipinski definition) is 0. The van der Waals surface area contributed by atoms with Crippen LogP contribution in [0.1, 0.15) is 11.1 Å². The van der Waals surface area contributed by atoms with Crippen LogP contribution in [0.15, 0.2) is 12.1 Å². The Morgan fingerprint density at radius 2 is 2.09 bits per heavy atom. The first-order valence-corrected chi connectivity index (χ1v) is 5.15.